The number of nitrogens with zero attached hydrogens (tertiary/aromatic N) is 1. The average molecular weight is 270 g/mol. The van der Waals surface area contributed by atoms with Gasteiger partial charge in [0.2, 0.25) is 0 Å². The van der Waals surface area contributed by atoms with Crippen LogP contribution in [0.2, 0.25) is 0 Å². The molecule has 0 amide bonds. The molecule has 1 aliphatic carbocycles. The van der Waals surface area contributed by atoms with Crippen molar-refractivity contribution in [2.24, 2.45) is 0 Å². The quantitative estimate of drug-likeness (QED) is 0.829. The standard InChI is InChI=1S/C11H16N3O3S/c15-11-8-4-5-9-14(11)13-18(16,17)12-10-6-2-1-3-7-10/h4-5,9-10,12-13H,1-3,6-7H2. The Morgan fingerprint density at radius 3 is 2.67 bits per heavy atom. The van der Waals surface area contributed by atoms with Gasteiger partial charge in [0, 0.05) is 12.2 Å². The lowest BCUT2D eigenvalue weighted by atomic mass is 9.96. The van der Waals surface area contributed by atoms with E-state index in [2.05, 4.69) is 15.6 Å². The van der Waals surface area contributed by atoms with Crippen molar-refractivity contribution in [2.45, 2.75) is 38.1 Å². The molecule has 7 heteroatoms. The van der Waals surface area contributed by atoms with Crippen LogP contribution in [0.4, 0.5) is 0 Å². The molecule has 0 atom stereocenters. The molecule has 0 aromatic carbocycles. The zero-order chi connectivity index (χ0) is 13.0. The van der Waals surface area contributed by atoms with Crippen LogP contribution >= 0.6 is 0 Å². The molecule has 0 spiro atoms. The van der Waals surface area contributed by atoms with E-state index >= 15 is 0 Å². The first-order chi connectivity index (χ1) is 8.57. The third kappa shape index (κ3) is 3.58. The van der Waals surface area contributed by atoms with Gasteiger partial charge in [0.05, 0.1) is 6.07 Å². The fraction of sp³-hybridized carbons (Fsp3) is 0.545. The molecule has 18 heavy (non-hydrogen) atoms. The second-order valence-corrected chi connectivity index (χ2v) is 5.80. The fourth-order valence-electron chi connectivity index (χ4n) is 2.05. The van der Waals surface area contributed by atoms with Crippen molar-refractivity contribution in [3.8, 4) is 0 Å². The van der Waals surface area contributed by atoms with Crippen LogP contribution < -0.4 is 15.1 Å². The Kier molecular flexibility index (Phi) is 4.03. The molecule has 1 aromatic heterocycles. The average Bonchev–Trinajstić information content (AvgIpc) is 2.32. The molecule has 2 N–H and O–H groups in total. The molecule has 1 aromatic rings. The van der Waals surface area contributed by atoms with Crippen LogP contribution in [0.5, 0.6) is 0 Å². The minimum absolute atomic E-state index is 0.0420. The maximum Gasteiger partial charge on any atom is 0.313 e. The number of nitrogens with one attached hydrogen (secondary N) is 2. The van der Waals surface area contributed by atoms with Crippen molar-refractivity contribution < 1.29 is 8.42 Å². The third-order valence-electron chi connectivity index (χ3n) is 2.90. The Morgan fingerprint density at radius 1 is 1.28 bits per heavy atom. The van der Waals surface area contributed by atoms with E-state index in [4.69, 9.17) is 0 Å². The molecule has 99 valence electrons. The smallest absolute Gasteiger partial charge is 0.267 e. The van der Waals surface area contributed by atoms with Crippen molar-refractivity contribution in [3.63, 3.8) is 0 Å². The Bertz CT molecular complexity index is 547. The molecular formula is C11H16N3O3S. The molecule has 6 nitrogen and oxygen atoms in total. The molecule has 0 saturated heterocycles. The van der Waals surface area contributed by atoms with E-state index in [0.717, 1.165) is 36.8 Å². The SMILES string of the molecule is O=c1[c]cccn1NS(=O)(=O)NC1CCCCC1. The fourth-order valence-corrected chi connectivity index (χ4v) is 3.18. The van der Waals surface area contributed by atoms with Crippen LogP contribution in [-0.4, -0.2) is 19.1 Å². The van der Waals surface area contributed by atoms with Crippen LogP contribution in [0.1, 0.15) is 32.1 Å². The summed E-state index contributed by atoms with van der Waals surface area (Å²) in [5.41, 5.74) is -0.536. The van der Waals surface area contributed by atoms with Crippen molar-refractivity contribution in [2.75, 3.05) is 4.83 Å². The van der Waals surface area contributed by atoms with Crippen LogP contribution in [0.3, 0.4) is 0 Å². The van der Waals surface area contributed by atoms with E-state index in [-0.39, 0.29) is 6.04 Å². The first-order valence-electron chi connectivity index (χ1n) is 5.96. The van der Waals surface area contributed by atoms with E-state index in [1.807, 2.05) is 0 Å². The predicted octanol–water partition coefficient (Wildman–Crippen LogP) is 0.359. The van der Waals surface area contributed by atoms with Crippen LogP contribution in [-0.2, 0) is 10.2 Å². The van der Waals surface area contributed by atoms with Crippen LogP contribution in [0, 0.1) is 6.07 Å². The summed E-state index contributed by atoms with van der Waals surface area (Å²) < 4.78 is 27.1. The number of hydrogen-bond acceptors (Lipinski definition) is 3. The first kappa shape index (κ1) is 13.1. The van der Waals surface area contributed by atoms with Gasteiger partial charge in [-0.2, -0.15) is 13.1 Å². The topological polar surface area (TPSA) is 80.2 Å². The highest BCUT2D eigenvalue weighted by atomic mass is 32.2. The molecule has 1 radical (unpaired) electrons. The second-order valence-electron chi connectivity index (χ2n) is 4.38. The summed E-state index contributed by atoms with van der Waals surface area (Å²) in [4.78, 5) is 13.5. The van der Waals surface area contributed by atoms with E-state index in [1.54, 1.807) is 0 Å². The summed E-state index contributed by atoms with van der Waals surface area (Å²) in [6, 6.07) is 5.30. The number of pyridine rings is 1. The molecule has 0 aliphatic heterocycles. The van der Waals surface area contributed by atoms with E-state index in [9.17, 15) is 13.2 Å². The highest BCUT2D eigenvalue weighted by Gasteiger charge is 2.20. The molecule has 1 saturated carbocycles. The van der Waals surface area contributed by atoms with Gasteiger partial charge >= 0.3 is 10.2 Å². The normalized spacial score (nSPS) is 17.6. The first-order valence-corrected chi connectivity index (χ1v) is 7.44. The number of rotatable bonds is 4. The van der Waals surface area contributed by atoms with Gasteiger partial charge in [-0.3, -0.25) is 4.79 Å². The lowest BCUT2D eigenvalue weighted by molar-refractivity contribution is 0.412. The molecule has 0 bridgehead atoms. The molecule has 1 heterocycles. The Hall–Kier alpha value is -1.34. The number of aromatic nitrogens is 1. The zero-order valence-electron chi connectivity index (χ0n) is 9.93. The van der Waals surface area contributed by atoms with E-state index in [0.29, 0.717) is 0 Å². The van der Waals surface area contributed by atoms with Gasteiger partial charge in [0.1, 0.15) is 0 Å². The summed E-state index contributed by atoms with van der Waals surface area (Å²) >= 11 is 0. The van der Waals surface area contributed by atoms with Gasteiger partial charge in [-0.25, -0.2) is 9.51 Å². The lowest BCUT2D eigenvalue weighted by Gasteiger charge is -2.23. The van der Waals surface area contributed by atoms with Crippen molar-refractivity contribution >= 4 is 10.2 Å². The summed E-state index contributed by atoms with van der Waals surface area (Å²) in [6.07, 6.45) is 6.25. The van der Waals surface area contributed by atoms with Gasteiger partial charge in [0.15, 0.2) is 0 Å². The Labute approximate surface area is 106 Å². The maximum atomic E-state index is 11.8. The van der Waals surface area contributed by atoms with E-state index in [1.165, 1.54) is 18.3 Å². The Balaban J connectivity index is 2.03. The molecular weight excluding hydrogens is 254 g/mol. The predicted molar refractivity (Wildman–Crippen MR) is 67.8 cm³/mol. The molecule has 1 fully saturated rings. The molecule has 0 unspecified atom stereocenters. The van der Waals surface area contributed by atoms with Gasteiger partial charge < -0.3 is 0 Å². The highest BCUT2D eigenvalue weighted by Crippen LogP contribution is 2.17. The second kappa shape index (κ2) is 5.53. The maximum absolute atomic E-state index is 11.8. The van der Waals surface area contributed by atoms with Crippen molar-refractivity contribution in [1.82, 2.24) is 9.40 Å². The van der Waals surface area contributed by atoms with Gasteiger partial charge in [-0.1, -0.05) is 19.3 Å². The minimum Gasteiger partial charge on any atom is -0.267 e. The molecule has 1 aliphatic rings. The van der Waals surface area contributed by atoms with Gasteiger partial charge in [-0.15, -0.1) is 0 Å². The third-order valence-corrected chi connectivity index (χ3v) is 3.98. The minimum atomic E-state index is -3.71. The Morgan fingerprint density at radius 2 is 2.00 bits per heavy atom. The zero-order valence-corrected chi connectivity index (χ0v) is 10.7. The van der Waals surface area contributed by atoms with Gasteiger partial charge in [-0.05, 0) is 25.0 Å². The van der Waals surface area contributed by atoms with Gasteiger partial charge in [0.25, 0.3) is 5.56 Å². The monoisotopic (exact) mass is 270 g/mol. The summed E-state index contributed by atoms with van der Waals surface area (Å²) in [7, 11) is -3.71. The van der Waals surface area contributed by atoms with E-state index < -0.39 is 15.8 Å². The largest absolute Gasteiger partial charge is 0.313 e. The number of hydrogen-bond donors (Lipinski definition) is 2. The van der Waals surface area contributed by atoms with Crippen LogP contribution in [0.15, 0.2) is 23.1 Å². The molecule has 2 rings (SSSR count). The van der Waals surface area contributed by atoms with Crippen LogP contribution in [0.25, 0.3) is 0 Å². The summed E-state index contributed by atoms with van der Waals surface area (Å²) in [5.74, 6) is 0. The summed E-state index contributed by atoms with van der Waals surface area (Å²) in [6.45, 7) is 0. The lowest BCUT2D eigenvalue weighted by Crippen LogP contribution is -2.44. The summed E-state index contributed by atoms with van der Waals surface area (Å²) in [5, 5.41) is 0. The highest BCUT2D eigenvalue weighted by molar-refractivity contribution is 7.90. The van der Waals surface area contributed by atoms with Crippen molar-refractivity contribution in [1.29, 1.82) is 0 Å². The van der Waals surface area contributed by atoms with Crippen molar-refractivity contribution in [3.05, 3.63) is 34.7 Å².